The van der Waals surface area contributed by atoms with Crippen LogP contribution in [0.1, 0.15) is 6.92 Å². The second-order valence-electron chi connectivity index (χ2n) is 2.13. The zero-order valence-corrected chi connectivity index (χ0v) is 7.60. The van der Waals surface area contributed by atoms with Gasteiger partial charge in [-0.05, 0) is 6.92 Å². The van der Waals surface area contributed by atoms with Crippen LogP contribution >= 0.6 is 11.8 Å². The Balaban J connectivity index is 2.77. The van der Waals surface area contributed by atoms with Crippen molar-refractivity contribution in [3.05, 3.63) is 10.5 Å². The summed E-state index contributed by atoms with van der Waals surface area (Å²) in [7, 11) is 0. The van der Waals surface area contributed by atoms with Gasteiger partial charge >= 0.3 is 5.69 Å². The summed E-state index contributed by atoms with van der Waals surface area (Å²) in [5, 5.41) is 15.3. The predicted molar refractivity (Wildman–Crippen MR) is 46.3 cm³/mol. The lowest BCUT2D eigenvalue weighted by Gasteiger charge is -1.98. The van der Waals surface area contributed by atoms with E-state index in [9.17, 15) is 4.79 Å². The molecule has 0 unspecified atom stereocenters. The van der Waals surface area contributed by atoms with Gasteiger partial charge in [-0.1, -0.05) is 11.8 Å². The van der Waals surface area contributed by atoms with E-state index in [1.807, 2.05) is 6.92 Å². The number of thioether (sulfide) groups is 1. The largest absolute Gasteiger partial charge is 0.396 e. The van der Waals surface area contributed by atoms with Crippen molar-refractivity contribution in [1.29, 1.82) is 0 Å². The first-order valence-corrected chi connectivity index (χ1v) is 4.67. The van der Waals surface area contributed by atoms with Crippen molar-refractivity contribution in [2.45, 2.75) is 18.6 Å². The Hall–Kier alpha value is -0.750. The van der Waals surface area contributed by atoms with E-state index in [1.54, 1.807) is 0 Å². The van der Waals surface area contributed by atoms with Crippen LogP contribution in [0.15, 0.2) is 9.95 Å². The molecule has 1 aromatic rings. The molecule has 0 bridgehead atoms. The van der Waals surface area contributed by atoms with Crippen LogP contribution in [-0.4, -0.2) is 32.2 Å². The highest BCUT2D eigenvalue weighted by molar-refractivity contribution is 7.99. The first kappa shape index (κ1) is 9.34. The third kappa shape index (κ3) is 1.89. The topological polar surface area (TPSA) is 70.9 Å². The molecule has 1 aromatic heterocycles. The Bertz CT molecular complexity index is 293. The van der Waals surface area contributed by atoms with Crippen LogP contribution in [0.25, 0.3) is 0 Å². The lowest BCUT2D eigenvalue weighted by Crippen LogP contribution is -2.16. The fourth-order valence-electron chi connectivity index (χ4n) is 0.829. The molecular weight excluding hydrogens is 178 g/mol. The molecule has 0 saturated carbocycles. The molecule has 0 spiro atoms. The number of aliphatic hydroxyl groups excluding tert-OH is 1. The molecule has 2 N–H and O–H groups in total. The fraction of sp³-hybridized carbons (Fsp3) is 0.667. The molecule has 0 radical (unpaired) electrons. The molecule has 0 fully saturated rings. The highest BCUT2D eigenvalue weighted by Gasteiger charge is 2.05. The van der Waals surface area contributed by atoms with Crippen LogP contribution in [0, 0.1) is 0 Å². The maximum atomic E-state index is 11.0. The van der Waals surface area contributed by atoms with Gasteiger partial charge in [0, 0.05) is 12.3 Å². The summed E-state index contributed by atoms with van der Waals surface area (Å²) in [6, 6.07) is 0. The van der Waals surface area contributed by atoms with Gasteiger partial charge in [0.1, 0.15) is 0 Å². The van der Waals surface area contributed by atoms with Crippen molar-refractivity contribution in [3.63, 3.8) is 0 Å². The van der Waals surface area contributed by atoms with Gasteiger partial charge in [0.05, 0.1) is 6.61 Å². The molecule has 6 heteroatoms. The van der Waals surface area contributed by atoms with E-state index in [4.69, 9.17) is 5.11 Å². The Morgan fingerprint density at radius 1 is 1.75 bits per heavy atom. The third-order valence-corrected chi connectivity index (χ3v) is 2.32. The average Bonchev–Trinajstić information content (AvgIpc) is 2.43. The second kappa shape index (κ2) is 4.32. The first-order chi connectivity index (χ1) is 5.79. The van der Waals surface area contributed by atoms with Crippen LogP contribution < -0.4 is 5.69 Å². The molecule has 0 aromatic carbocycles. The highest BCUT2D eigenvalue weighted by Crippen LogP contribution is 2.11. The number of nitrogens with one attached hydrogen (secondary N) is 1. The standard InChI is InChI=1S/C6H11N3O2S/c1-2-9-5(11)7-8-6(9)12-4-3-10/h10H,2-4H2,1H3,(H,7,11). The minimum Gasteiger partial charge on any atom is -0.396 e. The second-order valence-corrected chi connectivity index (χ2v) is 3.19. The van der Waals surface area contributed by atoms with Crippen molar-refractivity contribution >= 4 is 11.8 Å². The van der Waals surface area contributed by atoms with Crippen LogP contribution in [-0.2, 0) is 6.54 Å². The zero-order valence-electron chi connectivity index (χ0n) is 6.78. The normalized spacial score (nSPS) is 10.5. The summed E-state index contributed by atoms with van der Waals surface area (Å²) in [5.74, 6) is 0.560. The Morgan fingerprint density at radius 3 is 3.08 bits per heavy atom. The van der Waals surface area contributed by atoms with Gasteiger partial charge in [0.15, 0.2) is 5.16 Å². The Labute approximate surface area is 73.8 Å². The van der Waals surface area contributed by atoms with Gasteiger partial charge in [-0.15, -0.1) is 5.10 Å². The summed E-state index contributed by atoms with van der Waals surface area (Å²) >= 11 is 1.36. The number of hydrogen-bond acceptors (Lipinski definition) is 4. The van der Waals surface area contributed by atoms with E-state index in [0.29, 0.717) is 17.5 Å². The maximum absolute atomic E-state index is 11.0. The molecule has 5 nitrogen and oxygen atoms in total. The van der Waals surface area contributed by atoms with Gasteiger partial charge in [-0.3, -0.25) is 4.57 Å². The number of aliphatic hydroxyl groups is 1. The molecule has 1 rings (SSSR count). The van der Waals surface area contributed by atoms with Gasteiger partial charge < -0.3 is 5.11 Å². The van der Waals surface area contributed by atoms with Crippen LogP contribution in [0.2, 0.25) is 0 Å². The molecule has 0 aliphatic carbocycles. The molecule has 12 heavy (non-hydrogen) atoms. The van der Waals surface area contributed by atoms with E-state index in [0.717, 1.165) is 0 Å². The van der Waals surface area contributed by atoms with Crippen molar-refractivity contribution in [2.75, 3.05) is 12.4 Å². The molecule has 0 amide bonds. The number of aromatic amines is 1. The maximum Gasteiger partial charge on any atom is 0.343 e. The number of H-pyrrole nitrogens is 1. The number of rotatable bonds is 4. The summed E-state index contributed by atoms with van der Waals surface area (Å²) in [4.78, 5) is 11.0. The van der Waals surface area contributed by atoms with Gasteiger partial charge in [0.2, 0.25) is 0 Å². The SMILES string of the molecule is CCn1c(SCCO)n[nH]c1=O. The summed E-state index contributed by atoms with van der Waals surface area (Å²) in [6.45, 7) is 2.57. The molecular formula is C6H11N3O2S. The third-order valence-electron chi connectivity index (χ3n) is 1.36. The van der Waals surface area contributed by atoms with Crippen LogP contribution in [0.4, 0.5) is 0 Å². The predicted octanol–water partition coefficient (Wildman–Crippen LogP) is -0.324. The van der Waals surface area contributed by atoms with Crippen molar-refractivity contribution in [2.24, 2.45) is 0 Å². The summed E-state index contributed by atoms with van der Waals surface area (Å²) in [6.07, 6.45) is 0. The highest BCUT2D eigenvalue weighted by atomic mass is 32.2. The Kier molecular flexibility index (Phi) is 3.36. The van der Waals surface area contributed by atoms with Crippen molar-refractivity contribution in [3.8, 4) is 0 Å². The molecule has 0 atom stereocenters. The quantitative estimate of drug-likeness (QED) is 0.637. The molecule has 68 valence electrons. The van der Waals surface area contributed by atoms with Gasteiger partial charge in [-0.2, -0.15) is 0 Å². The Morgan fingerprint density at radius 2 is 2.50 bits per heavy atom. The summed E-state index contributed by atoms with van der Waals surface area (Å²) < 4.78 is 1.53. The van der Waals surface area contributed by atoms with E-state index < -0.39 is 0 Å². The van der Waals surface area contributed by atoms with Gasteiger partial charge in [-0.25, -0.2) is 9.89 Å². The molecule has 0 saturated heterocycles. The fourth-order valence-corrected chi connectivity index (χ4v) is 1.58. The number of hydrogen-bond donors (Lipinski definition) is 2. The molecule has 0 aliphatic heterocycles. The van der Waals surface area contributed by atoms with Crippen LogP contribution in [0.5, 0.6) is 0 Å². The number of nitrogens with zero attached hydrogens (tertiary/aromatic N) is 2. The number of aromatic nitrogens is 3. The van der Waals surface area contributed by atoms with Crippen molar-refractivity contribution in [1.82, 2.24) is 14.8 Å². The molecule has 1 heterocycles. The van der Waals surface area contributed by atoms with Crippen LogP contribution in [0.3, 0.4) is 0 Å². The summed E-state index contributed by atoms with van der Waals surface area (Å²) in [5.41, 5.74) is -0.196. The lowest BCUT2D eigenvalue weighted by molar-refractivity contribution is 0.322. The molecule has 0 aliphatic rings. The van der Waals surface area contributed by atoms with E-state index >= 15 is 0 Å². The van der Waals surface area contributed by atoms with E-state index in [1.165, 1.54) is 16.3 Å². The van der Waals surface area contributed by atoms with E-state index in [2.05, 4.69) is 10.2 Å². The minimum absolute atomic E-state index is 0.0927. The van der Waals surface area contributed by atoms with Crippen molar-refractivity contribution < 1.29 is 5.11 Å². The monoisotopic (exact) mass is 189 g/mol. The first-order valence-electron chi connectivity index (χ1n) is 3.68. The van der Waals surface area contributed by atoms with Gasteiger partial charge in [0.25, 0.3) is 0 Å². The van der Waals surface area contributed by atoms with E-state index in [-0.39, 0.29) is 12.3 Å². The lowest BCUT2D eigenvalue weighted by atomic mass is 10.7. The smallest absolute Gasteiger partial charge is 0.343 e. The average molecular weight is 189 g/mol. The zero-order chi connectivity index (χ0) is 8.97. The minimum atomic E-state index is -0.196.